The van der Waals surface area contributed by atoms with Crippen LogP contribution in [0.3, 0.4) is 0 Å². The Morgan fingerprint density at radius 1 is 1.09 bits per heavy atom. The molecular formula is C24H29N3O5. The van der Waals surface area contributed by atoms with Crippen LogP contribution < -0.4 is 19.5 Å². The van der Waals surface area contributed by atoms with Crippen molar-refractivity contribution < 1.29 is 23.8 Å². The molecule has 0 saturated carbocycles. The molecule has 1 N–H and O–H groups in total. The number of fused-ring (bicyclic) bond motifs is 1. The van der Waals surface area contributed by atoms with Gasteiger partial charge < -0.3 is 29.3 Å². The lowest BCUT2D eigenvalue weighted by Crippen LogP contribution is -2.34. The molecule has 1 aliphatic heterocycles. The van der Waals surface area contributed by atoms with Gasteiger partial charge in [0.2, 0.25) is 11.8 Å². The number of hydrogen-bond acceptors (Lipinski definition) is 6. The first-order valence-corrected chi connectivity index (χ1v) is 10.3. The zero-order chi connectivity index (χ0) is 23.1. The lowest BCUT2D eigenvalue weighted by Gasteiger charge is -2.17. The van der Waals surface area contributed by atoms with Crippen LogP contribution in [0.25, 0.3) is 6.08 Å². The molecule has 8 nitrogen and oxygen atoms in total. The van der Waals surface area contributed by atoms with Gasteiger partial charge in [0.15, 0.2) is 11.5 Å². The van der Waals surface area contributed by atoms with Crippen LogP contribution in [0.15, 0.2) is 42.6 Å². The van der Waals surface area contributed by atoms with E-state index in [-0.39, 0.29) is 24.8 Å². The number of rotatable bonds is 9. The van der Waals surface area contributed by atoms with E-state index in [0.717, 1.165) is 23.4 Å². The summed E-state index contributed by atoms with van der Waals surface area (Å²) < 4.78 is 16.3. The highest BCUT2D eigenvalue weighted by molar-refractivity contribution is 5.95. The molecule has 0 aliphatic carbocycles. The first kappa shape index (κ1) is 23.1. The number of nitrogens with one attached hydrogen (secondary N) is 1. The fourth-order valence-corrected chi connectivity index (χ4v) is 3.24. The molecule has 8 heteroatoms. The molecule has 1 aliphatic rings. The fourth-order valence-electron chi connectivity index (χ4n) is 3.24. The molecule has 1 heterocycles. The Balaban J connectivity index is 1.60. The van der Waals surface area contributed by atoms with Crippen LogP contribution in [-0.4, -0.2) is 69.6 Å². The van der Waals surface area contributed by atoms with Crippen molar-refractivity contribution in [2.24, 2.45) is 0 Å². The van der Waals surface area contributed by atoms with Crippen molar-refractivity contribution >= 4 is 23.6 Å². The number of amides is 2. The lowest BCUT2D eigenvalue weighted by molar-refractivity contribution is -0.131. The number of carbonyl (C=O) groups is 2. The molecule has 0 aromatic heterocycles. The third-order valence-electron chi connectivity index (χ3n) is 5.00. The van der Waals surface area contributed by atoms with Crippen LogP contribution >= 0.6 is 0 Å². The van der Waals surface area contributed by atoms with Crippen molar-refractivity contribution in [3.63, 3.8) is 0 Å². The summed E-state index contributed by atoms with van der Waals surface area (Å²) in [5.74, 6) is 1.42. The molecular weight excluding hydrogens is 410 g/mol. The lowest BCUT2D eigenvalue weighted by atomic mass is 10.0. The number of methoxy groups -OCH3 is 2. The molecule has 2 aromatic rings. The zero-order valence-corrected chi connectivity index (χ0v) is 18.9. The second-order valence-corrected chi connectivity index (χ2v) is 7.64. The summed E-state index contributed by atoms with van der Waals surface area (Å²) >= 11 is 0. The van der Waals surface area contributed by atoms with Crippen LogP contribution in [-0.2, 0) is 16.0 Å². The maximum absolute atomic E-state index is 12.7. The average molecular weight is 440 g/mol. The van der Waals surface area contributed by atoms with Gasteiger partial charge in [-0.1, -0.05) is 0 Å². The van der Waals surface area contributed by atoms with E-state index in [2.05, 4.69) is 5.32 Å². The molecule has 0 atom stereocenters. The predicted octanol–water partition coefficient (Wildman–Crippen LogP) is 2.64. The Kier molecular flexibility index (Phi) is 7.72. The van der Waals surface area contributed by atoms with Gasteiger partial charge in [-0.25, -0.2) is 0 Å². The number of anilines is 1. The Bertz CT molecular complexity index is 986. The van der Waals surface area contributed by atoms with Gasteiger partial charge in [-0.05, 0) is 67.7 Å². The van der Waals surface area contributed by atoms with Crippen molar-refractivity contribution in [1.29, 1.82) is 0 Å². The molecule has 0 radical (unpaired) electrons. The third-order valence-corrected chi connectivity index (χ3v) is 5.00. The van der Waals surface area contributed by atoms with Gasteiger partial charge in [0.25, 0.3) is 0 Å². The van der Waals surface area contributed by atoms with Crippen molar-refractivity contribution in [2.75, 3.05) is 53.3 Å². The van der Waals surface area contributed by atoms with Crippen LogP contribution in [0.4, 0.5) is 5.69 Å². The highest BCUT2D eigenvalue weighted by Crippen LogP contribution is 2.32. The van der Waals surface area contributed by atoms with Crippen molar-refractivity contribution in [3.05, 3.63) is 53.7 Å². The van der Waals surface area contributed by atoms with Crippen LogP contribution in [0.5, 0.6) is 17.2 Å². The van der Waals surface area contributed by atoms with Crippen molar-refractivity contribution in [2.45, 2.75) is 6.42 Å². The zero-order valence-electron chi connectivity index (χ0n) is 18.9. The van der Waals surface area contributed by atoms with Crippen molar-refractivity contribution in [1.82, 2.24) is 9.80 Å². The molecule has 2 aromatic carbocycles. The van der Waals surface area contributed by atoms with Gasteiger partial charge >= 0.3 is 0 Å². The molecule has 32 heavy (non-hydrogen) atoms. The topological polar surface area (TPSA) is 80.3 Å². The molecule has 0 unspecified atom stereocenters. The number of ether oxygens (including phenoxy) is 3. The highest BCUT2D eigenvalue weighted by atomic mass is 16.5. The number of benzene rings is 2. The van der Waals surface area contributed by atoms with Gasteiger partial charge in [-0.3, -0.25) is 9.59 Å². The summed E-state index contributed by atoms with van der Waals surface area (Å²) in [6, 6.07) is 10.8. The van der Waals surface area contributed by atoms with Gasteiger partial charge in [-0.15, -0.1) is 0 Å². The van der Waals surface area contributed by atoms with Crippen molar-refractivity contribution in [3.8, 4) is 17.2 Å². The predicted molar refractivity (Wildman–Crippen MR) is 123 cm³/mol. The maximum Gasteiger partial charge on any atom is 0.244 e. The number of carbonyl (C=O) groups excluding carboxylic acids is 2. The fraction of sp³-hybridized carbons (Fsp3) is 0.333. The first-order valence-electron chi connectivity index (χ1n) is 10.3. The standard InChI is InChI=1S/C24H29N3O5/c1-26(2)11-12-32-20-7-5-19(6-8-20)25-23(28)16-27-10-9-17-13-21(30-3)22(31-4)14-18(17)15-24(27)29/h5-10,13-14H,11-12,15-16H2,1-4H3,(H,25,28). The largest absolute Gasteiger partial charge is 0.493 e. The first-order chi connectivity index (χ1) is 15.4. The summed E-state index contributed by atoms with van der Waals surface area (Å²) in [5.41, 5.74) is 2.30. The van der Waals surface area contributed by atoms with Crippen LogP contribution in [0, 0.1) is 0 Å². The third kappa shape index (κ3) is 6.01. The Labute approximate surface area is 188 Å². The SMILES string of the molecule is COc1cc2c(cc1OC)CC(=O)N(CC(=O)Nc1ccc(OCCN(C)C)cc1)C=C2. The van der Waals surface area contributed by atoms with E-state index in [1.54, 1.807) is 56.8 Å². The minimum absolute atomic E-state index is 0.0846. The Morgan fingerprint density at radius 2 is 1.78 bits per heavy atom. The smallest absolute Gasteiger partial charge is 0.244 e. The van der Waals surface area contributed by atoms with E-state index < -0.39 is 0 Å². The van der Waals surface area contributed by atoms with Gasteiger partial charge in [-0.2, -0.15) is 0 Å². The van der Waals surface area contributed by atoms with Crippen LogP contribution in [0.2, 0.25) is 0 Å². The highest BCUT2D eigenvalue weighted by Gasteiger charge is 2.21. The molecule has 0 fully saturated rings. The van der Waals surface area contributed by atoms with Gasteiger partial charge in [0.1, 0.15) is 18.9 Å². The van der Waals surface area contributed by atoms with Crippen LogP contribution in [0.1, 0.15) is 11.1 Å². The molecule has 3 rings (SSSR count). The van der Waals surface area contributed by atoms with E-state index in [1.807, 2.05) is 25.1 Å². The minimum atomic E-state index is -0.287. The van der Waals surface area contributed by atoms with E-state index in [4.69, 9.17) is 14.2 Å². The Hall–Kier alpha value is -3.52. The van der Waals surface area contributed by atoms with E-state index in [1.165, 1.54) is 4.90 Å². The quantitative estimate of drug-likeness (QED) is 0.647. The van der Waals surface area contributed by atoms with E-state index >= 15 is 0 Å². The monoisotopic (exact) mass is 439 g/mol. The molecule has 0 spiro atoms. The Morgan fingerprint density at radius 3 is 2.44 bits per heavy atom. The normalized spacial score (nSPS) is 12.9. The number of likely N-dealkylation sites (N-methyl/N-ethyl adjacent to an activating group) is 1. The van der Waals surface area contributed by atoms with E-state index in [9.17, 15) is 9.59 Å². The molecule has 0 saturated heterocycles. The maximum atomic E-state index is 12.7. The summed E-state index contributed by atoms with van der Waals surface area (Å²) in [6.07, 6.45) is 3.59. The minimum Gasteiger partial charge on any atom is -0.493 e. The second-order valence-electron chi connectivity index (χ2n) is 7.64. The second kappa shape index (κ2) is 10.7. The number of hydrogen-bond donors (Lipinski definition) is 1. The summed E-state index contributed by atoms with van der Waals surface area (Å²) in [7, 11) is 7.09. The molecule has 0 bridgehead atoms. The molecule has 2 amide bonds. The summed E-state index contributed by atoms with van der Waals surface area (Å²) in [5, 5.41) is 2.82. The summed E-state index contributed by atoms with van der Waals surface area (Å²) in [6.45, 7) is 1.32. The number of nitrogens with zero attached hydrogens (tertiary/aromatic N) is 2. The summed E-state index contributed by atoms with van der Waals surface area (Å²) in [4.78, 5) is 28.7. The average Bonchev–Trinajstić information content (AvgIpc) is 2.91. The van der Waals surface area contributed by atoms with Gasteiger partial charge in [0.05, 0.1) is 20.6 Å². The van der Waals surface area contributed by atoms with Gasteiger partial charge in [0, 0.05) is 18.4 Å². The molecule has 170 valence electrons. The van der Waals surface area contributed by atoms with E-state index in [0.29, 0.717) is 23.8 Å².